The van der Waals surface area contributed by atoms with E-state index >= 15 is 0 Å². The number of amides is 1. The van der Waals surface area contributed by atoms with Crippen molar-refractivity contribution in [2.45, 2.75) is 32.1 Å². The first kappa shape index (κ1) is 13.0. The number of rotatable bonds is 4. The van der Waals surface area contributed by atoms with E-state index in [2.05, 4.69) is 5.32 Å². The Bertz CT molecular complexity index is 430. The number of hydrogen-bond acceptors (Lipinski definition) is 3. The second-order valence-electron chi connectivity index (χ2n) is 4.30. The highest BCUT2D eigenvalue weighted by molar-refractivity contribution is 5.80. The molecule has 1 unspecified atom stereocenters. The Kier molecular flexibility index (Phi) is 4.28. The molecule has 1 fully saturated rings. The zero-order valence-corrected chi connectivity index (χ0v) is 9.99. The Morgan fingerprint density at radius 3 is 3.06 bits per heavy atom. The van der Waals surface area contributed by atoms with Gasteiger partial charge in [0.05, 0.1) is 6.61 Å². The molecule has 1 aliphatic rings. The zero-order chi connectivity index (χ0) is 13.0. The molecule has 1 amide bonds. The van der Waals surface area contributed by atoms with Gasteiger partial charge in [-0.15, -0.1) is 0 Å². The minimum absolute atomic E-state index is 0.137. The maximum atomic E-state index is 13.1. The molecular formula is C13H16FNO3. The molecule has 2 N–H and O–H groups in total. The molecule has 0 spiro atoms. The lowest BCUT2D eigenvalue weighted by atomic mass is 10.1. The lowest BCUT2D eigenvalue weighted by Crippen LogP contribution is -2.33. The monoisotopic (exact) mass is 253 g/mol. The fourth-order valence-electron chi connectivity index (χ4n) is 1.95. The van der Waals surface area contributed by atoms with E-state index < -0.39 is 5.82 Å². The van der Waals surface area contributed by atoms with E-state index in [1.807, 2.05) is 0 Å². The molecular weight excluding hydrogens is 237 g/mol. The summed E-state index contributed by atoms with van der Waals surface area (Å²) in [7, 11) is 0. The van der Waals surface area contributed by atoms with Crippen molar-refractivity contribution in [3.8, 4) is 0 Å². The third kappa shape index (κ3) is 3.05. The lowest BCUT2D eigenvalue weighted by Gasteiger charge is -2.11. The second kappa shape index (κ2) is 5.93. The number of aliphatic hydroxyl groups excluding tert-OH is 1. The molecule has 0 aliphatic carbocycles. The number of hydrogen-bond donors (Lipinski definition) is 2. The highest BCUT2D eigenvalue weighted by Gasteiger charge is 2.22. The van der Waals surface area contributed by atoms with Crippen LogP contribution in [-0.2, 0) is 22.7 Å². The van der Waals surface area contributed by atoms with Crippen LogP contribution in [0.4, 0.5) is 4.39 Å². The van der Waals surface area contributed by atoms with Crippen LogP contribution < -0.4 is 5.32 Å². The summed E-state index contributed by atoms with van der Waals surface area (Å²) in [6, 6.07) is 4.43. The van der Waals surface area contributed by atoms with Gasteiger partial charge in [-0.25, -0.2) is 4.39 Å². The van der Waals surface area contributed by atoms with Gasteiger partial charge in [0.15, 0.2) is 0 Å². The van der Waals surface area contributed by atoms with Gasteiger partial charge in [0.25, 0.3) is 0 Å². The predicted molar refractivity (Wildman–Crippen MR) is 63.1 cm³/mol. The first-order chi connectivity index (χ1) is 8.70. The SMILES string of the molecule is O=C(NCc1ccc(F)c(CO)c1)C1CCCO1. The second-order valence-corrected chi connectivity index (χ2v) is 4.30. The lowest BCUT2D eigenvalue weighted by molar-refractivity contribution is -0.130. The Hall–Kier alpha value is -1.46. The van der Waals surface area contributed by atoms with E-state index in [0.717, 1.165) is 18.4 Å². The summed E-state index contributed by atoms with van der Waals surface area (Å²) >= 11 is 0. The number of halogens is 1. The minimum atomic E-state index is -0.438. The Labute approximate surface area is 105 Å². The Morgan fingerprint density at radius 2 is 2.39 bits per heavy atom. The zero-order valence-electron chi connectivity index (χ0n) is 9.99. The van der Waals surface area contributed by atoms with E-state index in [1.165, 1.54) is 6.07 Å². The summed E-state index contributed by atoms with van der Waals surface area (Å²) in [6.45, 7) is 0.592. The molecule has 4 nitrogen and oxygen atoms in total. The third-order valence-electron chi connectivity index (χ3n) is 2.97. The maximum Gasteiger partial charge on any atom is 0.249 e. The molecule has 1 heterocycles. The van der Waals surface area contributed by atoms with Gasteiger partial charge in [0.1, 0.15) is 11.9 Å². The van der Waals surface area contributed by atoms with Crippen molar-refractivity contribution in [2.75, 3.05) is 6.61 Å². The van der Waals surface area contributed by atoms with Crippen molar-refractivity contribution in [1.29, 1.82) is 0 Å². The first-order valence-corrected chi connectivity index (χ1v) is 5.98. The molecule has 18 heavy (non-hydrogen) atoms. The number of aliphatic hydroxyl groups is 1. The van der Waals surface area contributed by atoms with Gasteiger partial charge in [0, 0.05) is 18.7 Å². The maximum absolute atomic E-state index is 13.1. The average Bonchev–Trinajstić information content (AvgIpc) is 2.91. The van der Waals surface area contributed by atoms with Crippen LogP contribution in [-0.4, -0.2) is 23.7 Å². The normalized spacial score (nSPS) is 18.9. The summed E-state index contributed by atoms with van der Waals surface area (Å²) in [5.74, 6) is -0.575. The van der Waals surface area contributed by atoms with Crippen molar-refractivity contribution in [2.24, 2.45) is 0 Å². The van der Waals surface area contributed by atoms with Gasteiger partial charge in [-0.1, -0.05) is 6.07 Å². The summed E-state index contributed by atoms with van der Waals surface area (Å²) in [5.41, 5.74) is 0.991. The molecule has 1 aliphatic heterocycles. The van der Waals surface area contributed by atoms with E-state index in [4.69, 9.17) is 9.84 Å². The largest absolute Gasteiger partial charge is 0.392 e. The van der Waals surface area contributed by atoms with Crippen LogP contribution in [0.15, 0.2) is 18.2 Å². The molecule has 0 saturated carbocycles. The molecule has 5 heteroatoms. The van der Waals surface area contributed by atoms with Gasteiger partial charge < -0.3 is 15.2 Å². The van der Waals surface area contributed by atoms with Crippen molar-refractivity contribution >= 4 is 5.91 Å². The smallest absolute Gasteiger partial charge is 0.249 e. The highest BCUT2D eigenvalue weighted by Crippen LogP contribution is 2.13. The molecule has 1 aromatic carbocycles. The van der Waals surface area contributed by atoms with Gasteiger partial charge in [0.2, 0.25) is 5.91 Å². The predicted octanol–water partition coefficient (Wildman–Crippen LogP) is 1.11. The van der Waals surface area contributed by atoms with Crippen LogP contribution in [0.1, 0.15) is 24.0 Å². The van der Waals surface area contributed by atoms with E-state index in [0.29, 0.717) is 13.2 Å². The van der Waals surface area contributed by atoms with Crippen molar-refractivity contribution in [3.63, 3.8) is 0 Å². The molecule has 1 atom stereocenters. The van der Waals surface area contributed by atoms with Gasteiger partial charge in [-0.3, -0.25) is 4.79 Å². The van der Waals surface area contributed by atoms with E-state index in [-0.39, 0.29) is 24.2 Å². The number of carbonyl (C=O) groups excluding carboxylic acids is 1. The van der Waals surface area contributed by atoms with Crippen molar-refractivity contribution in [3.05, 3.63) is 35.1 Å². The quantitative estimate of drug-likeness (QED) is 0.845. The number of carbonyl (C=O) groups is 1. The van der Waals surface area contributed by atoms with Crippen LogP contribution in [0.2, 0.25) is 0 Å². The summed E-state index contributed by atoms with van der Waals surface area (Å²) in [4.78, 5) is 11.7. The summed E-state index contributed by atoms with van der Waals surface area (Å²) in [6.07, 6.45) is 1.29. The number of nitrogens with one attached hydrogen (secondary N) is 1. The van der Waals surface area contributed by atoms with Crippen LogP contribution in [0.5, 0.6) is 0 Å². The summed E-state index contributed by atoms with van der Waals surface area (Å²) < 4.78 is 18.4. The van der Waals surface area contributed by atoms with Gasteiger partial charge in [-0.2, -0.15) is 0 Å². The fraction of sp³-hybridized carbons (Fsp3) is 0.462. The topological polar surface area (TPSA) is 58.6 Å². The van der Waals surface area contributed by atoms with Crippen LogP contribution in [0, 0.1) is 5.82 Å². The molecule has 0 radical (unpaired) electrons. The van der Waals surface area contributed by atoms with Crippen molar-refractivity contribution < 1.29 is 19.0 Å². The fourth-order valence-corrected chi connectivity index (χ4v) is 1.95. The van der Waals surface area contributed by atoms with E-state index in [1.54, 1.807) is 12.1 Å². The first-order valence-electron chi connectivity index (χ1n) is 5.98. The highest BCUT2D eigenvalue weighted by atomic mass is 19.1. The van der Waals surface area contributed by atoms with Gasteiger partial charge >= 0.3 is 0 Å². The van der Waals surface area contributed by atoms with Crippen LogP contribution >= 0.6 is 0 Å². The number of ether oxygens (including phenoxy) is 1. The van der Waals surface area contributed by atoms with Crippen LogP contribution in [0.3, 0.4) is 0 Å². The minimum Gasteiger partial charge on any atom is -0.392 e. The molecule has 98 valence electrons. The Balaban J connectivity index is 1.91. The number of benzene rings is 1. The molecule has 1 saturated heterocycles. The summed E-state index contributed by atoms with van der Waals surface area (Å²) in [5, 5.41) is 11.7. The van der Waals surface area contributed by atoms with Crippen molar-refractivity contribution in [1.82, 2.24) is 5.32 Å². The molecule has 2 rings (SSSR count). The molecule has 0 aromatic heterocycles. The van der Waals surface area contributed by atoms with Crippen LogP contribution in [0.25, 0.3) is 0 Å². The average molecular weight is 253 g/mol. The van der Waals surface area contributed by atoms with Gasteiger partial charge in [-0.05, 0) is 30.5 Å². The third-order valence-corrected chi connectivity index (χ3v) is 2.97. The molecule has 0 bridgehead atoms. The van der Waals surface area contributed by atoms with E-state index in [9.17, 15) is 9.18 Å². The molecule has 1 aromatic rings. The standard InChI is InChI=1S/C13H16FNO3/c14-11-4-3-9(6-10(11)8-16)7-15-13(17)12-2-1-5-18-12/h3-4,6,12,16H,1-2,5,7-8H2,(H,15,17). The Morgan fingerprint density at radius 1 is 1.56 bits per heavy atom.